The molecule has 0 aliphatic heterocycles. The SMILES string of the molecule is Cc1nc(CN(C)C(=O)c2ccnc(Cl)c2[N+](=O)[O-])cs1. The van der Waals surface area contributed by atoms with Crippen LogP contribution in [-0.4, -0.2) is 32.7 Å². The number of nitro groups is 1. The van der Waals surface area contributed by atoms with Gasteiger partial charge in [0.1, 0.15) is 5.56 Å². The zero-order chi connectivity index (χ0) is 15.6. The van der Waals surface area contributed by atoms with Gasteiger partial charge in [-0.2, -0.15) is 0 Å². The van der Waals surface area contributed by atoms with Crippen molar-refractivity contribution >= 4 is 34.5 Å². The number of aromatic nitrogens is 2. The van der Waals surface area contributed by atoms with Gasteiger partial charge >= 0.3 is 5.69 Å². The van der Waals surface area contributed by atoms with Crippen molar-refractivity contribution in [3.8, 4) is 0 Å². The molecule has 7 nitrogen and oxygen atoms in total. The fourth-order valence-corrected chi connectivity index (χ4v) is 2.61. The normalized spacial score (nSPS) is 10.4. The molecule has 0 saturated carbocycles. The second-order valence-corrected chi connectivity index (χ2v) is 5.69. The lowest BCUT2D eigenvalue weighted by Gasteiger charge is -2.15. The van der Waals surface area contributed by atoms with E-state index in [1.807, 2.05) is 12.3 Å². The zero-order valence-electron chi connectivity index (χ0n) is 11.2. The maximum Gasteiger partial charge on any atom is 0.319 e. The summed E-state index contributed by atoms with van der Waals surface area (Å²) in [7, 11) is 1.55. The third-order valence-electron chi connectivity index (χ3n) is 2.71. The van der Waals surface area contributed by atoms with Gasteiger partial charge in [-0.1, -0.05) is 11.6 Å². The molecule has 0 N–H and O–H groups in total. The largest absolute Gasteiger partial charge is 0.336 e. The molecule has 0 spiro atoms. The van der Waals surface area contributed by atoms with Gasteiger partial charge in [-0.15, -0.1) is 11.3 Å². The topological polar surface area (TPSA) is 89.2 Å². The van der Waals surface area contributed by atoms with Gasteiger partial charge in [0.15, 0.2) is 0 Å². The quantitative estimate of drug-likeness (QED) is 0.489. The first-order valence-electron chi connectivity index (χ1n) is 5.85. The summed E-state index contributed by atoms with van der Waals surface area (Å²) in [6, 6.07) is 1.29. The highest BCUT2D eigenvalue weighted by atomic mass is 35.5. The summed E-state index contributed by atoms with van der Waals surface area (Å²) in [5.41, 5.74) is 0.163. The predicted octanol–water partition coefficient (Wildman–Crippen LogP) is 2.68. The molecule has 2 aromatic rings. The lowest BCUT2D eigenvalue weighted by atomic mass is 10.2. The second kappa shape index (κ2) is 6.15. The van der Waals surface area contributed by atoms with Gasteiger partial charge in [0.05, 0.1) is 22.2 Å². The lowest BCUT2D eigenvalue weighted by molar-refractivity contribution is -0.385. The van der Waals surface area contributed by atoms with Crippen LogP contribution >= 0.6 is 22.9 Å². The molecule has 1 amide bonds. The number of amides is 1. The van der Waals surface area contributed by atoms with Gasteiger partial charge in [-0.25, -0.2) is 9.97 Å². The standard InChI is InChI=1S/C12H11ClN4O3S/c1-7-15-8(6-21-7)5-16(2)12(18)9-3-4-14-11(13)10(9)17(19)20/h3-4,6H,5H2,1-2H3. The average molecular weight is 327 g/mol. The number of nitrogens with zero attached hydrogens (tertiary/aromatic N) is 4. The number of hydrogen-bond acceptors (Lipinski definition) is 6. The Bertz CT molecular complexity index is 704. The van der Waals surface area contributed by atoms with Gasteiger partial charge in [-0.05, 0) is 13.0 Å². The Morgan fingerprint density at radius 1 is 1.57 bits per heavy atom. The van der Waals surface area contributed by atoms with Crippen molar-refractivity contribution < 1.29 is 9.72 Å². The van der Waals surface area contributed by atoms with Crippen LogP contribution in [0, 0.1) is 17.0 Å². The van der Waals surface area contributed by atoms with Crippen molar-refractivity contribution in [2.45, 2.75) is 13.5 Å². The van der Waals surface area contributed by atoms with Crippen LogP contribution in [0.1, 0.15) is 21.1 Å². The molecular weight excluding hydrogens is 316 g/mol. The molecule has 110 valence electrons. The van der Waals surface area contributed by atoms with Gasteiger partial charge in [0, 0.05) is 18.6 Å². The van der Waals surface area contributed by atoms with Crippen molar-refractivity contribution in [3.05, 3.63) is 49.2 Å². The molecule has 2 aromatic heterocycles. The summed E-state index contributed by atoms with van der Waals surface area (Å²) < 4.78 is 0. The number of carbonyl (C=O) groups is 1. The van der Waals surface area contributed by atoms with E-state index in [9.17, 15) is 14.9 Å². The number of hydrogen-bond donors (Lipinski definition) is 0. The first-order chi connectivity index (χ1) is 9.90. The molecule has 0 unspecified atom stereocenters. The first-order valence-corrected chi connectivity index (χ1v) is 7.11. The van der Waals surface area contributed by atoms with Crippen LogP contribution < -0.4 is 0 Å². The molecule has 0 atom stereocenters. The molecule has 9 heteroatoms. The smallest absolute Gasteiger partial charge is 0.319 e. The molecule has 0 saturated heterocycles. The molecule has 0 aromatic carbocycles. The summed E-state index contributed by atoms with van der Waals surface area (Å²) in [5, 5.41) is 13.5. The Morgan fingerprint density at radius 2 is 2.29 bits per heavy atom. The Labute approximate surface area is 129 Å². The van der Waals surface area contributed by atoms with Crippen molar-refractivity contribution in [1.82, 2.24) is 14.9 Å². The van der Waals surface area contributed by atoms with E-state index >= 15 is 0 Å². The highest BCUT2D eigenvalue weighted by molar-refractivity contribution is 7.09. The Balaban J connectivity index is 2.27. The number of pyridine rings is 1. The molecule has 2 rings (SSSR count). The van der Waals surface area contributed by atoms with Gasteiger partial charge in [-0.3, -0.25) is 14.9 Å². The summed E-state index contributed by atoms with van der Waals surface area (Å²) in [6.07, 6.45) is 1.27. The third-order valence-corrected chi connectivity index (χ3v) is 3.80. The third kappa shape index (κ3) is 3.34. The van der Waals surface area contributed by atoms with E-state index in [0.717, 1.165) is 10.7 Å². The van der Waals surface area contributed by atoms with Crippen LogP contribution in [0.5, 0.6) is 0 Å². The Kier molecular flexibility index (Phi) is 4.49. The minimum atomic E-state index is -0.705. The molecular formula is C12H11ClN4O3S. The van der Waals surface area contributed by atoms with Gasteiger partial charge in [0.2, 0.25) is 5.15 Å². The average Bonchev–Trinajstić information content (AvgIpc) is 2.82. The predicted molar refractivity (Wildman–Crippen MR) is 78.5 cm³/mol. The molecule has 21 heavy (non-hydrogen) atoms. The van der Waals surface area contributed by atoms with Crippen molar-refractivity contribution in [3.63, 3.8) is 0 Å². The van der Waals surface area contributed by atoms with Crippen LogP contribution in [-0.2, 0) is 6.54 Å². The number of halogens is 1. The highest BCUT2D eigenvalue weighted by Gasteiger charge is 2.27. The van der Waals surface area contributed by atoms with Crippen molar-refractivity contribution in [2.75, 3.05) is 7.05 Å². The van der Waals surface area contributed by atoms with E-state index in [2.05, 4.69) is 9.97 Å². The summed E-state index contributed by atoms with van der Waals surface area (Å²) in [4.78, 5) is 31.9. The van der Waals surface area contributed by atoms with E-state index in [1.165, 1.54) is 28.5 Å². The summed E-state index contributed by atoms with van der Waals surface area (Å²) >= 11 is 7.18. The second-order valence-electron chi connectivity index (χ2n) is 4.27. The van der Waals surface area contributed by atoms with Crippen LogP contribution in [0.4, 0.5) is 5.69 Å². The first kappa shape index (κ1) is 15.3. The van der Waals surface area contributed by atoms with Crippen molar-refractivity contribution in [1.29, 1.82) is 0 Å². The van der Waals surface area contributed by atoms with E-state index < -0.39 is 16.5 Å². The van der Waals surface area contributed by atoms with Gasteiger partial charge < -0.3 is 4.90 Å². The van der Waals surface area contributed by atoms with Crippen LogP contribution in [0.15, 0.2) is 17.6 Å². The Morgan fingerprint density at radius 3 is 2.86 bits per heavy atom. The zero-order valence-corrected chi connectivity index (χ0v) is 12.8. The Hall–Kier alpha value is -2.06. The monoisotopic (exact) mass is 326 g/mol. The maximum atomic E-state index is 12.3. The molecule has 0 radical (unpaired) electrons. The molecule has 0 aliphatic carbocycles. The molecule has 0 bridgehead atoms. The van der Waals surface area contributed by atoms with E-state index in [0.29, 0.717) is 0 Å². The molecule has 0 aliphatic rings. The number of carbonyl (C=O) groups excluding carboxylic acids is 1. The fraction of sp³-hybridized carbons (Fsp3) is 0.250. The summed E-state index contributed by atoms with van der Waals surface area (Å²) in [5.74, 6) is -0.503. The maximum absolute atomic E-state index is 12.3. The van der Waals surface area contributed by atoms with E-state index in [4.69, 9.17) is 11.6 Å². The van der Waals surface area contributed by atoms with E-state index in [1.54, 1.807) is 7.05 Å². The van der Waals surface area contributed by atoms with Gasteiger partial charge in [0.25, 0.3) is 5.91 Å². The number of aryl methyl sites for hydroxylation is 1. The summed E-state index contributed by atoms with van der Waals surface area (Å²) in [6.45, 7) is 2.13. The highest BCUT2D eigenvalue weighted by Crippen LogP contribution is 2.27. The number of thiazole rings is 1. The molecule has 2 heterocycles. The van der Waals surface area contributed by atoms with Crippen LogP contribution in [0.2, 0.25) is 5.15 Å². The minimum Gasteiger partial charge on any atom is -0.336 e. The van der Waals surface area contributed by atoms with Crippen LogP contribution in [0.25, 0.3) is 0 Å². The number of rotatable bonds is 4. The van der Waals surface area contributed by atoms with E-state index in [-0.39, 0.29) is 17.3 Å². The minimum absolute atomic E-state index is 0.0885. The lowest BCUT2D eigenvalue weighted by Crippen LogP contribution is -2.27. The fourth-order valence-electron chi connectivity index (χ4n) is 1.78. The molecule has 0 fully saturated rings. The van der Waals surface area contributed by atoms with Crippen LogP contribution in [0.3, 0.4) is 0 Å². The van der Waals surface area contributed by atoms with Crippen molar-refractivity contribution in [2.24, 2.45) is 0 Å².